The summed E-state index contributed by atoms with van der Waals surface area (Å²) in [5.74, 6) is -0.388. The number of aliphatic hydroxyl groups is 1. The average Bonchev–Trinajstić information content (AvgIpc) is 3.25. The van der Waals surface area contributed by atoms with Crippen molar-refractivity contribution in [1.29, 1.82) is 5.26 Å². The number of nitro groups is 1. The number of nitrogens with one attached hydrogen (secondary N) is 1. The van der Waals surface area contributed by atoms with Gasteiger partial charge < -0.3 is 19.7 Å². The second-order valence-corrected chi connectivity index (χ2v) is 8.92. The van der Waals surface area contributed by atoms with Gasteiger partial charge in [-0.25, -0.2) is 9.78 Å². The zero-order valence-corrected chi connectivity index (χ0v) is 19.4. The van der Waals surface area contributed by atoms with Gasteiger partial charge >= 0.3 is 5.97 Å². The number of hydrogen-bond donors (Lipinski definition) is 2. The van der Waals surface area contributed by atoms with Crippen molar-refractivity contribution < 1.29 is 19.6 Å². The standard InChI is InChI=1S/C25H25N5O5/c1-15-9-16(2)13-29(12-15)21-8-7-17(10-22(21)30(33)34)25(32)35-14-23(31)18(11-26)24-27-19-5-3-4-6-20(19)28-24/h3-8,10,15-16,31H,9,12-14H2,1-2H3,(H,27,28)/t15-,16-/m1/s1. The largest absolute Gasteiger partial charge is 0.507 e. The molecular formula is C25H25N5O5. The number of allylic oxidation sites excluding steroid dienone is 1. The molecule has 0 unspecified atom stereocenters. The van der Waals surface area contributed by atoms with Crippen LogP contribution in [0.1, 0.15) is 36.5 Å². The molecular weight excluding hydrogens is 450 g/mol. The van der Waals surface area contributed by atoms with Crippen LogP contribution in [0.4, 0.5) is 11.4 Å². The smallest absolute Gasteiger partial charge is 0.338 e. The van der Waals surface area contributed by atoms with E-state index in [1.807, 2.05) is 11.0 Å². The molecule has 1 saturated heterocycles. The fourth-order valence-corrected chi connectivity index (χ4v) is 4.54. The van der Waals surface area contributed by atoms with E-state index in [0.717, 1.165) is 6.42 Å². The van der Waals surface area contributed by atoms with Crippen LogP contribution >= 0.6 is 0 Å². The Morgan fingerprint density at radius 3 is 2.66 bits per heavy atom. The lowest BCUT2D eigenvalue weighted by Crippen LogP contribution is -2.39. The van der Waals surface area contributed by atoms with Crippen LogP contribution in [0.2, 0.25) is 0 Å². The van der Waals surface area contributed by atoms with Gasteiger partial charge in [0, 0.05) is 19.2 Å². The lowest BCUT2D eigenvalue weighted by molar-refractivity contribution is -0.384. The topological polar surface area (TPSA) is 145 Å². The average molecular weight is 476 g/mol. The fraction of sp³-hybridized carbons (Fsp3) is 0.320. The zero-order chi connectivity index (χ0) is 25.1. The van der Waals surface area contributed by atoms with E-state index in [2.05, 4.69) is 23.8 Å². The van der Waals surface area contributed by atoms with E-state index in [-0.39, 0.29) is 22.6 Å². The van der Waals surface area contributed by atoms with E-state index in [4.69, 9.17) is 4.74 Å². The number of piperidine rings is 1. The van der Waals surface area contributed by atoms with Crippen LogP contribution < -0.4 is 4.90 Å². The van der Waals surface area contributed by atoms with Crippen LogP contribution in [-0.4, -0.2) is 45.7 Å². The molecule has 1 aromatic heterocycles. The van der Waals surface area contributed by atoms with Crippen molar-refractivity contribution in [3.05, 3.63) is 69.7 Å². The van der Waals surface area contributed by atoms with Gasteiger partial charge in [-0.1, -0.05) is 26.0 Å². The fourth-order valence-electron chi connectivity index (χ4n) is 4.54. The number of benzene rings is 2. The first-order valence-corrected chi connectivity index (χ1v) is 11.2. The van der Waals surface area contributed by atoms with E-state index < -0.39 is 23.3 Å². The van der Waals surface area contributed by atoms with Gasteiger partial charge in [-0.05, 0) is 42.5 Å². The molecule has 1 aliphatic rings. The molecule has 2 N–H and O–H groups in total. The Morgan fingerprint density at radius 1 is 1.29 bits per heavy atom. The van der Waals surface area contributed by atoms with E-state index in [0.29, 0.717) is 41.6 Å². The lowest BCUT2D eigenvalue weighted by Gasteiger charge is -2.36. The molecule has 4 rings (SSSR count). The molecule has 2 atom stereocenters. The summed E-state index contributed by atoms with van der Waals surface area (Å²) in [5.41, 5.74) is 1.40. The third-order valence-electron chi connectivity index (χ3n) is 5.98. The highest BCUT2D eigenvalue weighted by Crippen LogP contribution is 2.34. The molecule has 0 amide bonds. The molecule has 3 aromatic rings. The summed E-state index contributed by atoms with van der Waals surface area (Å²) in [6, 6.07) is 13.2. The van der Waals surface area contributed by atoms with Crippen molar-refractivity contribution in [2.75, 3.05) is 24.6 Å². The van der Waals surface area contributed by atoms with Gasteiger partial charge in [0.15, 0.2) is 11.6 Å². The van der Waals surface area contributed by atoms with Gasteiger partial charge in [0.05, 0.1) is 21.5 Å². The van der Waals surface area contributed by atoms with Crippen molar-refractivity contribution in [2.45, 2.75) is 20.3 Å². The SMILES string of the molecule is C[C@@H]1C[C@@H](C)CN(c2ccc(C(=O)OCC(O)=C(C#N)c3nc4ccccc4[nH]3)cc2[N+](=O)[O-])C1. The summed E-state index contributed by atoms with van der Waals surface area (Å²) >= 11 is 0. The first-order chi connectivity index (χ1) is 16.8. The van der Waals surface area contributed by atoms with E-state index in [1.54, 1.807) is 30.3 Å². The van der Waals surface area contributed by atoms with Crippen molar-refractivity contribution in [1.82, 2.24) is 9.97 Å². The summed E-state index contributed by atoms with van der Waals surface area (Å²) in [4.78, 5) is 33.0. The maximum atomic E-state index is 12.6. The number of anilines is 1. The third-order valence-corrected chi connectivity index (χ3v) is 5.98. The lowest BCUT2D eigenvalue weighted by atomic mass is 9.91. The van der Waals surface area contributed by atoms with Crippen molar-refractivity contribution in [2.24, 2.45) is 11.8 Å². The zero-order valence-electron chi connectivity index (χ0n) is 19.4. The van der Waals surface area contributed by atoms with Crippen LogP contribution in [0.25, 0.3) is 16.6 Å². The first-order valence-electron chi connectivity index (χ1n) is 11.2. The van der Waals surface area contributed by atoms with E-state index >= 15 is 0 Å². The number of aromatic nitrogens is 2. The van der Waals surface area contributed by atoms with Gasteiger partial charge in [0.1, 0.15) is 23.9 Å². The highest BCUT2D eigenvalue weighted by molar-refractivity contribution is 5.92. The number of rotatable bonds is 6. The number of nitro benzene ring substituents is 1. The number of fused-ring (bicyclic) bond motifs is 1. The number of ether oxygens (including phenoxy) is 1. The van der Waals surface area contributed by atoms with Gasteiger partial charge in [-0.15, -0.1) is 0 Å². The predicted molar refractivity (Wildman–Crippen MR) is 130 cm³/mol. The third kappa shape index (κ3) is 5.09. The molecule has 10 nitrogen and oxygen atoms in total. The van der Waals surface area contributed by atoms with E-state index in [9.17, 15) is 25.3 Å². The predicted octanol–water partition coefficient (Wildman–Crippen LogP) is 4.60. The molecule has 1 aliphatic heterocycles. The quantitative estimate of drug-likeness (QED) is 0.173. The molecule has 2 aromatic carbocycles. The second kappa shape index (κ2) is 9.85. The number of hydrogen-bond acceptors (Lipinski definition) is 8. The van der Waals surface area contributed by atoms with Crippen molar-refractivity contribution in [3.63, 3.8) is 0 Å². The number of aliphatic hydroxyl groups excluding tert-OH is 1. The number of H-pyrrole nitrogens is 1. The number of para-hydroxylation sites is 2. The molecule has 10 heteroatoms. The first kappa shape index (κ1) is 23.8. The van der Waals surface area contributed by atoms with Crippen LogP contribution in [0.5, 0.6) is 0 Å². The minimum atomic E-state index is -0.853. The Hall–Kier alpha value is -4.39. The Kier molecular flexibility index (Phi) is 6.68. The summed E-state index contributed by atoms with van der Waals surface area (Å²) in [6.45, 7) is 5.04. The second-order valence-electron chi connectivity index (χ2n) is 8.92. The van der Waals surface area contributed by atoms with Gasteiger partial charge in [0.2, 0.25) is 0 Å². The number of carbonyl (C=O) groups is 1. The Morgan fingerprint density at radius 2 is 2.00 bits per heavy atom. The molecule has 0 spiro atoms. The summed E-state index contributed by atoms with van der Waals surface area (Å²) in [6.07, 6.45) is 1.06. The summed E-state index contributed by atoms with van der Waals surface area (Å²) in [7, 11) is 0. The summed E-state index contributed by atoms with van der Waals surface area (Å²) < 4.78 is 5.15. The normalized spacial score (nSPS) is 18.6. The molecule has 2 heterocycles. The van der Waals surface area contributed by atoms with Crippen LogP contribution in [0.3, 0.4) is 0 Å². The Balaban J connectivity index is 1.52. The van der Waals surface area contributed by atoms with Gasteiger partial charge in [-0.3, -0.25) is 10.1 Å². The molecule has 0 aliphatic carbocycles. The number of esters is 1. The maximum Gasteiger partial charge on any atom is 0.338 e. The highest BCUT2D eigenvalue weighted by Gasteiger charge is 2.28. The van der Waals surface area contributed by atoms with E-state index in [1.165, 1.54) is 12.1 Å². The number of carbonyl (C=O) groups excluding carboxylic acids is 1. The molecule has 0 bridgehead atoms. The van der Waals surface area contributed by atoms with Crippen LogP contribution in [0, 0.1) is 33.3 Å². The maximum absolute atomic E-state index is 12.6. The van der Waals surface area contributed by atoms with Gasteiger partial charge in [-0.2, -0.15) is 5.26 Å². The van der Waals surface area contributed by atoms with Crippen LogP contribution in [-0.2, 0) is 4.74 Å². The molecule has 0 radical (unpaired) electrons. The molecule has 0 saturated carbocycles. The monoisotopic (exact) mass is 475 g/mol. The summed E-state index contributed by atoms with van der Waals surface area (Å²) in [5, 5.41) is 31.7. The number of imidazole rings is 1. The molecule has 1 fully saturated rings. The number of aromatic amines is 1. The van der Waals surface area contributed by atoms with Crippen LogP contribution in [0.15, 0.2) is 48.2 Å². The molecule has 180 valence electrons. The van der Waals surface area contributed by atoms with Gasteiger partial charge in [0.25, 0.3) is 5.69 Å². The highest BCUT2D eigenvalue weighted by atomic mass is 16.6. The molecule has 35 heavy (non-hydrogen) atoms. The Labute approximate surface area is 201 Å². The van der Waals surface area contributed by atoms with Crippen molar-refractivity contribution in [3.8, 4) is 6.07 Å². The number of nitriles is 1. The minimum Gasteiger partial charge on any atom is -0.507 e. The Bertz CT molecular complexity index is 1310. The number of nitrogens with zero attached hydrogens (tertiary/aromatic N) is 4. The van der Waals surface area contributed by atoms with Crippen molar-refractivity contribution >= 4 is 34.0 Å². The minimum absolute atomic E-state index is 0.0198.